The summed E-state index contributed by atoms with van der Waals surface area (Å²) in [5.74, 6) is 1.69. The zero-order chi connectivity index (χ0) is 28.0. The Balaban J connectivity index is 1.44. The van der Waals surface area contributed by atoms with Crippen LogP contribution in [0.2, 0.25) is 0 Å². The molecule has 0 fully saturated rings. The van der Waals surface area contributed by atoms with Crippen molar-refractivity contribution >= 4 is 50.6 Å². The van der Waals surface area contributed by atoms with Gasteiger partial charge in [0.2, 0.25) is 0 Å². The molecule has 0 N–H and O–H groups in total. The summed E-state index contributed by atoms with van der Waals surface area (Å²) in [4.78, 5) is 2.48. The third-order valence-electron chi connectivity index (χ3n) is 7.05. The van der Waals surface area contributed by atoms with Crippen LogP contribution in [-0.4, -0.2) is 18.8 Å². The van der Waals surface area contributed by atoms with Crippen LogP contribution < -0.4 is 9.47 Å². The first-order chi connectivity index (χ1) is 20.2. The molecule has 6 aromatic rings. The van der Waals surface area contributed by atoms with Crippen LogP contribution in [0.4, 0.5) is 0 Å². The molecular weight excluding hydrogens is 541 g/mol. The van der Waals surface area contributed by atoms with Crippen molar-refractivity contribution in [2.75, 3.05) is 14.2 Å². The van der Waals surface area contributed by atoms with E-state index >= 15 is 0 Å². The van der Waals surface area contributed by atoms with Crippen LogP contribution in [0.15, 0.2) is 149 Å². The highest BCUT2D eigenvalue weighted by molar-refractivity contribution is 8.17. The fraction of sp³-hybridized carbons (Fsp3) is 0.0811. The summed E-state index contributed by atoms with van der Waals surface area (Å²) in [5, 5.41) is 5.01. The Morgan fingerprint density at radius 2 is 0.927 bits per heavy atom. The van der Waals surface area contributed by atoms with Gasteiger partial charge in [-0.05, 0) is 86.8 Å². The van der Waals surface area contributed by atoms with Gasteiger partial charge in [0.1, 0.15) is 11.5 Å². The Morgan fingerprint density at radius 3 is 1.34 bits per heavy atom. The van der Waals surface area contributed by atoms with Gasteiger partial charge < -0.3 is 9.47 Å². The lowest BCUT2D eigenvalue weighted by molar-refractivity contribution is 0.414. The minimum atomic E-state index is 0.108. The predicted octanol–water partition coefficient (Wildman–Crippen LogP) is 10.4. The van der Waals surface area contributed by atoms with Crippen molar-refractivity contribution in [3.63, 3.8) is 0 Å². The Bertz CT molecular complexity index is 1680. The minimum Gasteiger partial charge on any atom is -0.497 e. The molecule has 0 aliphatic rings. The number of hydrogen-bond donors (Lipinski definition) is 0. The number of thioether (sulfide) groups is 2. The average molecular weight is 571 g/mol. The van der Waals surface area contributed by atoms with Crippen LogP contribution in [0, 0.1) is 0 Å². The molecule has 0 unspecified atom stereocenters. The van der Waals surface area contributed by atoms with Crippen molar-refractivity contribution < 1.29 is 9.47 Å². The fourth-order valence-electron chi connectivity index (χ4n) is 4.88. The lowest BCUT2D eigenvalue weighted by atomic mass is 9.97. The van der Waals surface area contributed by atoms with Crippen LogP contribution in [-0.2, 0) is 0 Å². The third-order valence-corrected chi connectivity index (χ3v) is 9.42. The molecule has 0 saturated heterocycles. The molecule has 0 heterocycles. The molecule has 0 saturated carbocycles. The number of methoxy groups -OCH3 is 2. The Labute approximate surface area is 250 Å². The highest BCUT2D eigenvalue weighted by Crippen LogP contribution is 2.41. The molecule has 2 nitrogen and oxygen atoms in total. The first-order valence-corrected chi connectivity index (χ1v) is 15.3. The van der Waals surface area contributed by atoms with Crippen LogP contribution in [0.1, 0.15) is 11.1 Å². The van der Waals surface area contributed by atoms with Crippen molar-refractivity contribution in [3.05, 3.63) is 151 Å². The summed E-state index contributed by atoms with van der Waals surface area (Å²) in [6.07, 6.45) is 2.39. The van der Waals surface area contributed by atoms with Crippen molar-refractivity contribution in [3.8, 4) is 11.5 Å². The van der Waals surface area contributed by atoms with Crippen molar-refractivity contribution in [1.29, 1.82) is 0 Å². The molecule has 0 spiro atoms. The Morgan fingerprint density at radius 1 is 0.512 bits per heavy atom. The average Bonchev–Trinajstić information content (AvgIpc) is 3.03. The highest BCUT2D eigenvalue weighted by atomic mass is 32.2. The van der Waals surface area contributed by atoms with Gasteiger partial charge in [0, 0.05) is 9.79 Å². The number of rotatable bonds is 9. The molecule has 0 aromatic heterocycles. The van der Waals surface area contributed by atoms with Gasteiger partial charge in [-0.2, -0.15) is 0 Å². The second kappa shape index (κ2) is 12.6. The van der Waals surface area contributed by atoms with Gasteiger partial charge in [-0.25, -0.2) is 0 Å². The quantitative estimate of drug-likeness (QED) is 0.127. The van der Waals surface area contributed by atoms with Crippen molar-refractivity contribution in [2.45, 2.75) is 14.4 Å². The maximum Gasteiger partial charge on any atom is 0.118 e. The standard InChI is InChI=1S/C37H30O2S2/c1-38-32-17-11-28(12-18-32)36(29-13-19-33(39-2)20-14-29)25-37(40-34-21-15-26-7-3-5-9-30(26)23-34)41-35-22-16-27-8-4-6-10-31(27)24-35/h3-25,37H,1-2H3. The largest absolute Gasteiger partial charge is 0.497 e. The summed E-state index contributed by atoms with van der Waals surface area (Å²) in [6.45, 7) is 0. The van der Waals surface area contributed by atoms with Gasteiger partial charge >= 0.3 is 0 Å². The van der Waals surface area contributed by atoms with Gasteiger partial charge in [0.25, 0.3) is 0 Å². The lowest BCUT2D eigenvalue weighted by Crippen LogP contribution is -1.98. The van der Waals surface area contributed by atoms with Crippen molar-refractivity contribution in [2.24, 2.45) is 0 Å². The normalized spacial score (nSPS) is 11.1. The summed E-state index contributed by atoms with van der Waals surface area (Å²) < 4.78 is 11.0. The van der Waals surface area contributed by atoms with E-state index in [1.54, 1.807) is 14.2 Å². The van der Waals surface area contributed by atoms with Gasteiger partial charge in [-0.3, -0.25) is 0 Å². The minimum absolute atomic E-state index is 0.108. The molecule has 202 valence electrons. The van der Waals surface area contributed by atoms with Gasteiger partial charge in [0.05, 0.1) is 18.8 Å². The van der Waals surface area contributed by atoms with Gasteiger partial charge in [-0.1, -0.05) is 91.0 Å². The first kappa shape index (κ1) is 27.1. The van der Waals surface area contributed by atoms with E-state index in [0.717, 1.165) is 22.6 Å². The highest BCUT2D eigenvalue weighted by Gasteiger charge is 2.15. The third kappa shape index (κ3) is 6.45. The van der Waals surface area contributed by atoms with E-state index in [1.165, 1.54) is 36.9 Å². The van der Waals surface area contributed by atoms with Crippen molar-refractivity contribution in [1.82, 2.24) is 0 Å². The molecule has 41 heavy (non-hydrogen) atoms. The lowest BCUT2D eigenvalue weighted by Gasteiger charge is -2.18. The predicted molar refractivity (Wildman–Crippen MR) is 176 cm³/mol. The number of fused-ring (bicyclic) bond motifs is 2. The Hall–Kier alpha value is -4.12. The maximum absolute atomic E-state index is 5.45. The summed E-state index contributed by atoms with van der Waals surface area (Å²) in [5.41, 5.74) is 3.44. The zero-order valence-electron chi connectivity index (χ0n) is 23.0. The fourth-order valence-corrected chi connectivity index (χ4v) is 7.37. The maximum atomic E-state index is 5.45. The van der Waals surface area contributed by atoms with Crippen LogP contribution in [0.5, 0.6) is 11.5 Å². The Kier molecular flexibility index (Phi) is 8.31. The topological polar surface area (TPSA) is 18.5 Å². The molecule has 0 aliphatic carbocycles. The van der Waals surface area contributed by atoms with E-state index in [-0.39, 0.29) is 4.58 Å². The number of benzene rings is 6. The first-order valence-electron chi connectivity index (χ1n) is 13.5. The summed E-state index contributed by atoms with van der Waals surface area (Å²) in [6, 6.07) is 47.2. The van der Waals surface area contributed by atoms with Gasteiger partial charge in [-0.15, -0.1) is 23.5 Å². The molecule has 4 heteroatoms. The molecule has 6 rings (SSSR count). The molecule has 0 amide bonds. The van der Waals surface area contributed by atoms with E-state index in [1.807, 2.05) is 47.8 Å². The molecule has 6 aromatic carbocycles. The number of ether oxygens (including phenoxy) is 2. The molecule has 0 atom stereocenters. The van der Waals surface area contributed by atoms with Gasteiger partial charge in [0.15, 0.2) is 0 Å². The zero-order valence-corrected chi connectivity index (χ0v) is 24.6. The second-order valence-electron chi connectivity index (χ2n) is 9.66. The van der Waals surface area contributed by atoms with E-state index in [2.05, 4.69) is 115 Å². The number of hydrogen-bond acceptors (Lipinski definition) is 4. The van der Waals surface area contributed by atoms with Crippen LogP contribution in [0.3, 0.4) is 0 Å². The second-order valence-corrected chi connectivity index (χ2v) is 12.4. The molecule has 0 aliphatic heterocycles. The van der Waals surface area contributed by atoms with Crippen LogP contribution in [0.25, 0.3) is 27.1 Å². The van der Waals surface area contributed by atoms with E-state index < -0.39 is 0 Å². The summed E-state index contributed by atoms with van der Waals surface area (Å²) in [7, 11) is 3.40. The molecule has 0 radical (unpaired) electrons. The molecule has 0 bridgehead atoms. The monoisotopic (exact) mass is 570 g/mol. The SMILES string of the molecule is COc1ccc(C(=CC(Sc2ccc3ccccc3c2)Sc2ccc3ccccc3c2)c2ccc(OC)cc2)cc1. The van der Waals surface area contributed by atoms with E-state index in [0.29, 0.717) is 0 Å². The summed E-state index contributed by atoms with van der Waals surface area (Å²) >= 11 is 3.75. The molecular formula is C37H30O2S2. The van der Waals surface area contributed by atoms with E-state index in [9.17, 15) is 0 Å². The van der Waals surface area contributed by atoms with E-state index in [4.69, 9.17) is 9.47 Å². The smallest absolute Gasteiger partial charge is 0.118 e. The van der Waals surface area contributed by atoms with Crippen LogP contribution >= 0.6 is 23.5 Å².